The van der Waals surface area contributed by atoms with Crippen LogP contribution in [0.4, 0.5) is 5.13 Å². The van der Waals surface area contributed by atoms with Crippen molar-refractivity contribution in [3.05, 3.63) is 41.3 Å². The van der Waals surface area contributed by atoms with Crippen molar-refractivity contribution in [1.29, 1.82) is 0 Å². The van der Waals surface area contributed by atoms with Crippen molar-refractivity contribution >= 4 is 33.3 Å². The molecule has 0 atom stereocenters. The Morgan fingerprint density at radius 1 is 1.23 bits per heavy atom. The third-order valence-electron chi connectivity index (χ3n) is 6.28. The van der Waals surface area contributed by atoms with Crippen LogP contribution in [0, 0.1) is 6.92 Å². The first-order valence-electron chi connectivity index (χ1n) is 10.7. The predicted molar refractivity (Wildman–Crippen MR) is 120 cm³/mol. The number of fused-ring (bicyclic) bond motifs is 1. The van der Waals surface area contributed by atoms with Crippen LogP contribution < -0.4 is 4.90 Å². The number of carbonyl (C=O) groups is 1. The van der Waals surface area contributed by atoms with Crippen LogP contribution in [0.5, 0.6) is 0 Å². The second-order valence-electron chi connectivity index (χ2n) is 8.41. The van der Waals surface area contributed by atoms with Crippen LogP contribution in [0.3, 0.4) is 0 Å². The van der Waals surface area contributed by atoms with E-state index in [0.29, 0.717) is 50.6 Å². The lowest BCUT2D eigenvalue weighted by molar-refractivity contribution is -0.0283. The van der Waals surface area contributed by atoms with E-state index in [9.17, 15) is 9.90 Å². The summed E-state index contributed by atoms with van der Waals surface area (Å²) in [5, 5.41) is 13.2. The minimum absolute atomic E-state index is 0.0205. The number of morpholine rings is 1. The zero-order chi connectivity index (χ0) is 21.4. The van der Waals surface area contributed by atoms with Crippen LogP contribution in [-0.4, -0.2) is 75.4 Å². The van der Waals surface area contributed by atoms with Gasteiger partial charge in [0.2, 0.25) is 0 Å². The van der Waals surface area contributed by atoms with E-state index < -0.39 is 5.60 Å². The first-order valence-corrected chi connectivity index (χ1v) is 11.5. The summed E-state index contributed by atoms with van der Waals surface area (Å²) < 4.78 is 7.47. The molecule has 164 valence electrons. The maximum atomic E-state index is 13.2. The van der Waals surface area contributed by atoms with Gasteiger partial charge >= 0.3 is 0 Å². The van der Waals surface area contributed by atoms with E-state index in [1.54, 1.807) is 6.20 Å². The summed E-state index contributed by atoms with van der Waals surface area (Å²) in [6.07, 6.45) is 6.70. The fourth-order valence-corrected chi connectivity index (χ4v) is 5.47. The molecule has 2 saturated heterocycles. The van der Waals surface area contributed by atoms with Gasteiger partial charge in [-0.25, -0.2) is 4.98 Å². The lowest BCUT2D eigenvalue weighted by Gasteiger charge is -2.38. The van der Waals surface area contributed by atoms with E-state index in [1.165, 1.54) is 11.3 Å². The lowest BCUT2D eigenvalue weighted by atomic mass is 9.91. The molecule has 0 radical (unpaired) electrons. The van der Waals surface area contributed by atoms with Crippen LogP contribution in [0.25, 0.3) is 10.9 Å². The van der Waals surface area contributed by atoms with Crippen molar-refractivity contribution in [2.24, 2.45) is 0 Å². The first kappa shape index (κ1) is 20.4. The van der Waals surface area contributed by atoms with Crippen LogP contribution >= 0.6 is 11.3 Å². The molecule has 0 unspecified atom stereocenters. The van der Waals surface area contributed by atoms with Crippen LogP contribution in [0.15, 0.2) is 30.7 Å². The van der Waals surface area contributed by atoms with Gasteiger partial charge in [-0.1, -0.05) is 11.3 Å². The summed E-state index contributed by atoms with van der Waals surface area (Å²) in [7, 11) is 0. The first-order chi connectivity index (χ1) is 15.0. The van der Waals surface area contributed by atoms with Gasteiger partial charge in [0.05, 0.1) is 42.8 Å². The zero-order valence-corrected chi connectivity index (χ0v) is 18.5. The molecule has 2 fully saturated rings. The van der Waals surface area contributed by atoms with E-state index in [2.05, 4.69) is 19.4 Å². The van der Waals surface area contributed by atoms with Crippen molar-refractivity contribution in [3.63, 3.8) is 0 Å². The second-order valence-corrected chi connectivity index (χ2v) is 9.38. The second kappa shape index (κ2) is 8.22. The Balaban J connectivity index is 1.25. The molecule has 31 heavy (non-hydrogen) atoms. The minimum Gasteiger partial charge on any atom is -0.388 e. The standard InChI is InChI=1S/C22H27N5O3S/c1-16-19(31-21(24-16)26-10-12-30-13-11-26)20(28)25-8-4-22(29,5-9-25)15-27-7-3-17-2-6-23-14-18(17)27/h2-3,6-7,14,29H,4-5,8-13,15H2,1H3. The third-order valence-corrected chi connectivity index (χ3v) is 7.49. The zero-order valence-electron chi connectivity index (χ0n) is 17.7. The molecule has 2 aliphatic rings. The van der Waals surface area contributed by atoms with Gasteiger partial charge in [0.1, 0.15) is 4.88 Å². The summed E-state index contributed by atoms with van der Waals surface area (Å²) in [6.45, 7) is 6.48. The molecule has 5 heterocycles. The number of pyridine rings is 1. The summed E-state index contributed by atoms with van der Waals surface area (Å²) in [6, 6.07) is 4.01. The molecule has 9 heteroatoms. The molecule has 2 aliphatic heterocycles. The van der Waals surface area contributed by atoms with Gasteiger partial charge in [0.15, 0.2) is 5.13 Å². The Bertz CT molecular complexity index is 1080. The smallest absolute Gasteiger partial charge is 0.265 e. The van der Waals surface area contributed by atoms with Gasteiger partial charge in [0.25, 0.3) is 5.91 Å². The molecule has 3 aromatic heterocycles. The van der Waals surface area contributed by atoms with Crippen molar-refractivity contribution in [2.45, 2.75) is 31.9 Å². The minimum atomic E-state index is -0.833. The number of likely N-dealkylation sites (tertiary alicyclic amines) is 1. The van der Waals surface area contributed by atoms with Crippen LogP contribution in [0.2, 0.25) is 0 Å². The summed E-state index contributed by atoms with van der Waals surface area (Å²) in [5.41, 5.74) is 0.967. The third kappa shape index (κ3) is 4.05. The van der Waals surface area contributed by atoms with Crippen LogP contribution in [-0.2, 0) is 11.3 Å². The molecule has 5 rings (SSSR count). The number of amides is 1. The maximum absolute atomic E-state index is 13.2. The van der Waals surface area contributed by atoms with Gasteiger partial charge in [-0.05, 0) is 31.9 Å². The molecule has 1 amide bonds. The molecule has 0 bridgehead atoms. The molecule has 0 aliphatic carbocycles. The average Bonchev–Trinajstić information content (AvgIpc) is 3.38. The Morgan fingerprint density at radius 2 is 2.00 bits per heavy atom. The predicted octanol–water partition coefficient (Wildman–Crippen LogP) is 2.31. The topological polar surface area (TPSA) is 83.7 Å². The molecule has 0 aromatic carbocycles. The highest BCUT2D eigenvalue weighted by molar-refractivity contribution is 7.17. The summed E-state index contributed by atoms with van der Waals surface area (Å²) in [4.78, 5) is 26.8. The highest BCUT2D eigenvalue weighted by Crippen LogP contribution is 2.31. The largest absolute Gasteiger partial charge is 0.388 e. The molecular weight excluding hydrogens is 414 g/mol. The molecule has 3 aromatic rings. The van der Waals surface area contributed by atoms with Crippen molar-refractivity contribution in [3.8, 4) is 0 Å². The fourth-order valence-electron chi connectivity index (χ4n) is 4.38. The SMILES string of the molecule is Cc1nc(N2CCOCC2)sc1C(=O)N1CCC(O)(Cn2ccc3ccncc32)CC1. The number of thiazole rings is 1. The molecule has 1 N–H and O–H groups in total. The monoisotopic (exact) mass is 441 g/mol. The normalized spacial score (nSPS) is 19.2. The number of aryl methyl sites for hydroxylation is 1. The number of aliphatic hydroxyl groups is 1. The number of piperidine rings is 1. The van der Waals surface area contributed by atoms with E-state index in [-0.39, 0.29) is 5.91 Å². The molecule has 8 nitrogen and oxygen atoms in total. The molecular formula is C22H27N5O3S. The average molecular weight is 442 g/mol. The summed E-state index contributed by atoms with van der Waals surface area (Å²) in [5.74, 6) is 0.0205. The number of hydrogen-bond acceptors (Lipinski definition) is 7. The van der Waals surface area contributed by atoms with Gasteiger partial charge in [-0.15, -0.1) is 0 Å². The quantitative estimate of drug-likeness (QED) is 0.669. The van der Waals surface area contributed by atoms with Crippen molar-refractivity contribution in [2.75, 3.05) is 44.3 Å². The number of rotatable bonds is 4. The van der Waals surface area contributed by atoms with E-state index >= 15 is 0 Å². The number of aromatic nitrogens is 3. The van der Waals surface area contributed by atoms with E-state index in [0.717, 1.165) is 34.8 Å². The number of anilines is 1. The van der Waals surface area contributed by atoms with Gasteiger partial charge in [-0.2, -0.15) is 0 Å². The fraction of sp³-hybridized carbons (Fsp3) is 0.500. The number of carbonyl (C=O) groups excluding carboxylic acids is 1. The lowest BCUT2D eigenvalue weighted by Crippen LogP contribution is -2.48. The van der Waals surface area contributed by atoms with Gasteiger partial charge < -0.3 is 24.2 Å². The summed E-state index contributed by atoms with van der Waals surface area (Å²) >= 11 is 1.47. The van der Waals surface area contributed by atoms with Crippen molar-refractivity contribution < 1.29 is 14.6 Å². The maximum Gasteiger partial charge on any atom is 0.265 e. The number of hydrogen-bond donors (Lipinski definition) is 1. The number of ether oxygens (including phenoxy) is 1. The van der Waals surface area contributed by atoms with E-state index in [1.807, 2.05) is 36.4 Å². The molecule has 0 spiro atoms. The highest BCUT2D eigenvalue weighted by Gasteiger charge is 2.35. The van der Waals surface area contributed by atoms with Gasteiger partial charge in [0, 0.05) is 44.0 Å². The number of nitrogens with zero attached hydrogens (tertiary/aromatic N) is 5. The van der Waals surface area contributed by atoms with Crippen molar-refractivity contribution in [1.82, 2.24) is 19.4 Å². The Hall–Kier alpha value is -2.49. The van der Waals surface area contributed by atoms with Crippen LogP contribution in [0.1, 0.15) is 28.2 Å². The Morgan fingerprint density at radius 3 is 2.77 bits per heavy atom. The highest BCUT2D eigenvalue weighted by atomic mass is 32.1. The molecule has 0 saturated carbocycles. The van der Waals surface area contributed by atoms with Gasteiger partial charge in [-0.3, -0.25) is 9.78 Å². The Kier molecular flexibility index (Phi) is 5.41. The Labute approximate surface area is 185 Å². The van der Waals surface area contributed by atoms with E-state index in [4.69, 9.17) is 4.74 Å².